The molecule has 3 aromatic rings. The third-order valence-electron chi connectivity index (χ3n) is 3.98. The molecule has 0 unspecified atom stereocenters. The molecule has 0 saturated heterocycles. The Kier molecular flexibility index (Phi) is 4.92. The van der Waals surface area contributed by atoms with Gasteiger partial charge < -0.3 is 23.7 Å². The highest BCUT2D eigenvalue weighted by molar-refractivity contribution is 5.67. The fourth-order valence-electron chi connectivity index (χ4n) is 2.73. The predicted molar refractivity (Wildman–Crippen MR) is 93.6 cm³/mol. The van der Waals surface area contributed by atoms with Crippen molar-refractivity contribution in [3.63, 3.8) is 0 Å². The zero-order valence-electron chi connectivity index (χ0n) is 14.7. The lowest BCUT2D eigenvalue weighted by Gasteiger charge is -2.09. The average molecular weight is 357 g/mol. The third kappa shape index (κ3) is 3.39. The summed E-state index contributed by atoms with van der Waals surface area (Å²) in [6.07, 6.45) is 0.404. The van der Waals surface area contributed by atoms with E-state index in [1.165, 1.54) is 12.1 Å². The van der Waals surface area contributed by atoms with Crippen LogP contribution in [0.1, 0.15) is 11.5 Å². The highest BCUT2D eigenvalue weighted by Gasteiger charge is 2.17. The van der Waals surface area contributed by atoms with E-state index in [4.69, 9.17) is 14.0 Å². The molecule has 0 spiro atoms. The van der Waals surface area contributed by atoms with Gasteiger partial charge in [-0.15, -0.1) is 0 Å². The molecule has 3 rings (SSSR count). The van der Waals surface area contributed by atoms with Gasteiger partial charge in [-0.3, -0.25) is 4.79 Å². The minimum Gasteiger partial charge on any atom is -0.508 e. The van der Waals surface area contributed by atoms with E-state index in [1.54, 1.807) is 43.9 Å². The first-order chi connectivity index (χ1) is 12.5. The Morgan fingerprint density at radius 3 is 2.73 bits per heavy atom. The van der Waals surface area contributed by atoms with Crippen molar-refractivity contribution in [1.82, 2.24) is 14.7 Å². The lowest BCUT2D eigenvalue weighted by atomic mass is 10.2. The zero-order chi connectivity index (χ0) is 18.7. The van der Waals surface area contributed by atoms with Crippen LogP contribution < -0.4 is 15.0 Å². The normalized spacial score (nSPS) is 10.7. The number of para-hydroxylation sites is 1. The van der Waals surface area contributed by atoms with Crippen molar-refractivity contribution in [1.29, 1.82) is 0 Å². The fraction of sp³-hybridized carbons (Fsp3) is 0.278. The van der Waals surface area contributed by atoms with Gasteiger partial charge in [0.15, 0.2) is 17.3 Å². The summed E-state index contributed by atoms with van der Waals surface area (Å²) < 4.78 is 17.5. The Morgan fingerprint density at radius 1 is 1.23 bits per heavy atom. The van der Waals surface area contributed by atoms with E-state index >= 15 is 0 Å². The monoisotopic (exact) mass is 357 g/mol. The molecule has 0 atom stereocenters. The van der Waals surface area contributed by atoms with E-state index in [9.17, 15) is 9.90 Å². The molecule has 26 heavy (non-hydrogen) atoms. The first-order valence-electron chi connectivity index (χ1n) is 7.98. The van der Waals surface area contributed by atoms with Gasteiger partial charge in [0.25, 0.3) is 11.4 Å². The number of methoxy groups -OCH3 is 2. The maximum atomic E-state index is 12.0. The van der Waals surface area contributed by atoms with Gasteiger partial charge in [-0.2, -0.15) is 4.98 Å². The van der Waals surface area contributed by atoms with Crippen molar-refractivity contribution >= 4 is 0 Å². The number of ether oxygens (including phenoxy) is 2. The van der Waals surface area contributed by atoms with Crippen molar-refractivity contribution in [2.45, 2.75) is 19.9 Å². The second kappa shape index (κ2) is 7.30. The standard InChI is InChI=1S/C18H19N3O5/c1-11-9-12(22)10-16(23)21(11)8-7-15-19-18(26-20-15)13-5-4-6-14(24-2)17(13)25-3/h4-6,9-10,22H,7-8H2,1-3H3. The number of nitrogens with zero attached hydrogens (tertiary/aromatic N) is 3. The van der Waals surface area contributed by atoms with Crippen molar-refractivity contribution in [2.24, 2.45) is 0 Å². The Morgan fingerprint density at radius 2 is 2.04 bits per heavy atom. The van der Waals surface area contributed by atoms with E-state index in [1.807, 2.05) is 0 Å². The number of hydrogen-bond acceptors (Lipinski definition) is 7. The Hall–Kier alpha value is -3.29. The number of aryl methyl sites for hydroxylation is 2. The summed E-state index contributed by atoms with van der Waals surface area (Å²) in [6, 6.07) is 8.09. The lowest BCUT2D eigenvalue weighted by Crippen LogP contribution is -2.22. The summed E-state index contributed by atoms with van der Waals surface area (Å²) in [4.78, 5) is 16.3. The third-order valence-corrected chi connectivity index (χ3v) is 3.98. The molecule has 8 nitrogen and oxygen atoms in total. The summed E-state index contributed by atoms with van der Waals surface area (Å²) in [7, 11) is 3.09. The number of pyridine rings is 1. The van der Waals surface area contributed by atoms with Crippen molar-refractivity contribution < 1.29 is 19.1 Å². The van der Waals surface area contributed by atoms with Crippen LogP contribution in [0.5, 0.6) is 17.2 Å². The van der Waals surface area contributed by atoms with E-state index < -0.39 is 0 Å². The molecular weight excluding hydrogens is 338 g/mol. The molecule has 0 saturated carbocycles. The summed E-state index contributed by atoms with van der Waals surface area (Å²) in [6.45, 7) is 2.13. The van der Waals surface area contributed by atoms with Crippen molar-refractivity contribution in [2.75, 3.05) is 14.2 Å². The largest absolute Gasteiger partial charge is 0.508 e. The van der Waals surface area contributed by atoms with Gasteiger partial charge in [0.1, 0.15) is 5.75 Å². The summed E-state index contributed by atoms with van der Waals surface area (Å²) in [5.41, 5.74) is 1.01. The molecule has 1 aromatic carbocycles. The van der Waals surface area contributed by atoms with Gasteiger partial charge >= 0.3 is 0 Å². The molecule has 0 radical (unpaired) electrons. The first-order valence-corrected chi connectivity index (χ1v) is 7.98. The molecule has 2 heterocycles. The smallest absolute Gasteiger partial charge is 0.261 e. The predicted octanol–water partition coefficient (Wildman–Crippen LogP) is 2.17. The van der Waals surface area contributed by atoms with Gasteiger partial charge in [0, 0.05) is 24.7 Å². The molecule has 8 heteroatoms. The van der Waals surface area contributed by atoms with Crippen LogP contribution in [-0.4, -0.2) is 34.0 Å². The first kappa shape index (κ1) is 17.5. The van der Waals surface area contributed by atoms with E-state index in [2.05, 4.69) is 10.1 Å². The molecule has 0 bridgehead atoms. The summed E-state index contributed by atoms with van der Waals surface area (Å²) in [5, 5.41) is 13.4. The second-order valence-electron chi connectivity index (χ2n) is 5.65. The van der Waals surface area contributed by atoms with Crippen molar-refractivity contribution in [3.05, 3.63) is 52.2 Å². The van der Waals surface area contributed by atoms with Crippen LogP contribution in [0.3, 0.4) is 0 Å². The Balaban J connectivity index is 1.83. The van der Waals surface area contributed by atoms with Crippen LogP contribution in [0, 0.1) is 6.92 Å². The van der Waals surface area contributed by atoms with Gasteiger partial charge in [0.05, 0.1) is 19.8 Å². The molecule has 0 aliphatic carbocycles. The van der Waals surface area contributed by atoms with E-state index in [0.717, 1.165) is 0 Å². The van der Waals surface area contributed by atoms with Gasteiger partial charge in [-0.05, 0) is 25.1 Å². The van der Waals surface area contributed by atoms with Crippen LogP contribution >= 0.6 is 0 Å². The van der Waals surface area contributed by atoms with Crippen LogP contribution in [0.2, 0.25) is 0 Å². The van der Waals surface area contributed by atoms with Crippen molar-refractivity contribution in [3.8, 4) is 28.7 Å². The molecular formula is C18H19N3O5. The SMILES string of the molecule is COc1cccc(-c2nc(CCn3c(C)cc(O)cc3=O)no2)c1OC. The highest BCUT2D eigenvalue weighted by atomic mass is 16.5. The van der Waals surface area contributed by atoms with Crippen LogP contribution in [0.15, 0.2) is 39.6 Å². The molecule has 1 N–H and O–H groups in total. The zero-order valence-corrected chi connectivity index (χ0v) is 14.7. The molecule has 0 aliphatic heterocycles. The number of benzene rings is 1. The molecule has 0 amide bonds. The number of hydrogen-bond donors (Lipinski definition) is 1. The van der Waals surface area contributed by atoms with Gasteiger partial charge in [-0.25, -0.2) is 0 Å². The lowest BCUT2D eigenvalue weighted by molar-refractivity contribution is 0.353. The second-order valence-corrected chi connectivity index (χ2v) is 5.65. The average Bonchev–Trinajstić information content (AvgIpc) is 3.08. The number of rotatable bonds is 6. The topological polar surface area (TPSA) is 99.6 Å². The Labute approximate surface area is 149 Å². The van der Waals surface area contributed by atoms with E-state index in [0.29, 0.717) is 47.4 Å². The molecule has 0 fully saturated rings. The summed E-state index contributed by atoms with van der Waals surface area (Å²) >= 11 is 0. The van der Waals surface area contributed by atoms with E-state index in [-0.39, 0.29) is 11.3 Å². The quantitative estimate of drug-likeness (QED) is 0.721. The van der Waals surface area contributed by atoms with Gasteiger partial charge in [-0.1, -0.05) is 11.2 Å². The molecule has 0 aliphatic rings. The maximum Gasteiger partial charge on any atom is 0.261 e. The number of aromatic nitrogens is 3. The minimum atomic E-state index is -0.277. The minimum absolute atomic E-state index is 0.0456. The van der Waals surface area contributed by atoms with Crippen LogP contribution in [0.25, 0.3) is 11.5 Å². The van der Waals surface area contributed by atoms with Crippen LogP contribution in [0.4, 0.5) is 0 Å². The Bertz CT molecular complexity index is 977. The number of aromatic hydroxyl groups is 1. The molecule has 136 valence electrons. The molecule has 2 aromatic heterocycles. The van der Waals surface area contributed by atoms with Gasteiger partial charge in [0.2, 0.25) is 0 Å². The fourth-order valence-corrected chi connectivity index (χ4v) is 2.73. The maximum absolute atomic E-state index is 12.0. The van der Waals surface area contributed by atoms with Crippen LogP contribution in [-0.2, 0) is 13.0 Å². The summed E-state index contributed by atoms with van der Waals surface area (Å²) in [5.74, 6) is 1.80. The highest BCUT2D eigenvalue weighted by Crippen LogP contribution is 2.36.